The number of esters is 1. The normalized spacial score (nSPS) is 13.8. The van der Waals surface area contributed by atoms with Crippen molar-refractivity contribution in [1.82, 2.24) is 30.2 Å². The van der Waals surface area contributed by atoms with Crippen LogP contribution in [0.15, 0.2) is 79.4 Å². The molecule has 5 rings (SSSR count). The molecule has 2 N–H and O–H groups in total. The summed E-state index contributed by atoms with van der Waals surface area (Å²) in [5.41, 5.74) is 1.81. The van der Waals surface area contributed by atoms with E-state index in [2.05, 4.69) is 30.5 Å². The maximum Gasteiger partial charge on any atom is 0.410 e. The third-order valence-corrected chi connectivity index (χ3v) is 7.36. The molecule has 0 saturated carbocycles. The summed E-state index contributed by atoms with van der Waals surface area (Å²) in [6, 6.07) is 15.5. The first-order valence-corrected chi connectivity index (χ1v) is 15.8. The highest BCUT2D eigenvalue weighted by Gasteiger charge is 2.27. The Labute approximate surface area is 279 Å². The van der Waals surface area contributed by atoms with Gasteiger partial charge in [0.2, 0.25) is 0 Å². The fourth-order valence-electron chi connectivity index (χ4n) is 5.09. The molecular formula is C35H40N8O5. The van der Waals surface area contributed by atoms with E-state index in [4.69, 9.17) is 14.5 Å². The minimum Gasteiger partial charge on any atom is -0.464 e. The molecule has 3 aromatic heterocycles. The van der Waals surface area contributed by atoms with Crippen LogP contribution < -0.4 is 15.5 Å². The predicted octanol–water partition coefficient (Wildman–Crippen LogP) is 4.64. The molecule has 13 heteroatoms. The molecule has 4 aromatic rings. The SMILES string of the molecule is CCOC(=O)[C@H](Cc1ccccc1)NC(=O)c1cc(Nc2cnccn2)nc(-c2ccnc(N3CCN(C(=O)OC(C)(C)C)CC3)c2)c1. The van der Waals surface area contributed by atoms with Gasteiger partial charge in [-0.25, -0.2) is 24.5 Å². The summed E-state index contributed by atoms with van der Waals surface area (Å²) in [6.45, 7) is 9.58. The minimum absolute atomic E-state index is 0.187. The maximum atomic E-state index is 13.8. The van der Waals surface area contributed by atoms with Gasteiger partial charge in [0.25, 0.3) is 5.91 Å². The minimum atomic E-state index is -0.903. The van der Waals surface area contributed by atoms with Crippen molar-refractivity contribution in [3.63, 3.8) is 0 Å². The standard InChI is InChI=1S/C35H40N8O5/c1-5-47-33(45)28(19-24-9-7-6-8-10-24)40-32(44)26-20-27(39-29(21-26)41-30-23-36-13-14-37-30)25-11-12-38-31(22-25)42-15-17-43(18-16-42)34(46)48-35(2,3)4/h6-14,20-23,28H,5,15-19H2,1-4H3,(H,40,44)(H,37,39,41)/t28-/m0/s1. The summed E-state index contributed by atoms with van der Waals surface area (Å²) in [6.07, 6.45) is 6.27. The van der Waals surface area contributed by atoms with Gasteiger partial charge in [0, 0.05) is 62.3 Å². The number of rotatable bonds is 10. The number of pyridine rings is 2. The monoisotopic (exact) mass is 652 g/mol. The van der Waals surface area contributed by atoms with Crippen LogP contribution in [0, 0.1) is 0 Å². The van der Waals surface area contributed by atoms with Crippen molar-refractivity contribution < 1.29 is 23.9 Å². The van der Waals surface area contributed by atoms with E-state index in [1.807, 2.05) is 63.2 Å². The molecule has 0 unspecified atom stereocenters. The van der Waals surface area contributed by atoms with Gasteiger partial charge < -0.3 is 29.9 Å². The molecule has 1 aliphatic rings. The average Bonchev–Trinajstić information content (AvgIpc) is 3.08. The molecule has 2 amide bonds. The van der Waals surface area contributed by atoms with Crippen molar-refractivity contribution in [3.8, 4) is 11.3 Å². The van der Waals surface area contributed by atoms with Crippen LogP contribution in [0.1, 0.15) is 43.6 Å². The van der Waals surface area contributed by atoms with E-state index in [1.54, 1.807) is 48.7 Å². The number of benzene rings is 1. The number of ether oxygens (including phenoxy) is 2. The molecule has 48 heavy (non-hydrogen) atoms. The van der Waals surface area contributed by atoms with Crippen LogP contribution in [0.2, 0.25) is 0 Å². The van der Waals surface area contributed by atoms with Crippen molar-refractivity contribution in [3.05, 3.63) is 90.5 Å². The van der Waals surface area contributed by atoms with E-state index in [1.165, 1.54) is 0 Å². The number of carbonyl (C=O) groups is 3. The van der Waals surface area contributed by atoms with E-state index in [0.29, 0.717) is 49.3 Å². The summed E-state index contributed by atoms with van der Waals surface area (Å²) in [4.78, 5) is 60.8. The molecule has 1 atom stereocenters. The number of hydrogen-bond acceptors (Lipinski definition) is 11. The van der Waals surface area contributed by atoms with Crippen LogP contribution in [0.4, 0.5) is 22.2 Å². The summed E-state index contributed by atoms with van der Waals surface area (Å²) >= 11 is 0. The zero-order valence-corrected chi connectivity index (χ0v) is 27.6. The lowest BCUT2D eigenvalue weighted by molar-refractivity contribution is -0.145. The largest absolute Gasteiger partial charge is 0.464 e. The third-order valence-electron chi connectivity index (χ3n) is 7.36. The molecule has 250 valence electrons. The van der Waals surface area contributed by atoms with Crippen molar-refractivity contribution in [2.75, 3.05) is 43.0 Å². The first-order chi connectivity index (χ1) is 23.1. The van der Waals surface area contributed by atoms with Gasteiger partial charge in [-0.05, 0) is 57.5 Å². The Hall–Kier alpha value is -5.59. The summed E-state index contributed by atoms with van der Waals surface area (Å²) in [5.74, 6) is 0.523. The van der Waals surface area contributed by atoms with Gasteiger partial charge in [0.1, 0.15) is 29.1 Å². The number of amides is 2. The molecule has 1 fully saturated rings. The lowest BCUT2D eigenvalue weighted by atomic mass is 10.0. The molecule has 0 aliphatic carbocycles. The van der Waals surface area contributed by atoms with E-state index in [9.17, 15) is 14.4 Å². The van der Waals surface area contributed by atoms with Crippen molar-refractivity contribution in [2.24, 2.45) is 0 Å². The zero-order chi connectivity index (χ0) is 34.1. The van der Waals surface area contributed by atoms with E-state index < -0.39 is 23.5 Å². The van der Waals surface area contributed by atoms with Gasteiger partial charge in [0.15, 0.2) is 0 Å². The summed E-state index contributed by atoms with van der Waals surface area (Å²) < 4.78 is 10.8. The maximum absolute atomic E-state index is 13.8. The van der Waals surface area contributed by atoms with Gasteiger partial charge in [-0.2, -0.15) is 0 Å². The van der Waals surface area contributed by atoms with Crippen LogP contribution in [-0.2, 0) is 20.7 Å². The smallest absolute Gasteiger partial charge is 0.410 e. The number of nitrogens with zero attached hydrogens (tertiary/aromatic N) is 6. The Kier molecular flexibility index (Phi) is 10.8. The molecule has 4 heterocycles. The Morgan fingerprint density at radius 2 is 1.69 bits per heavy atom. The number of anilines is 3. The zero-order valence-electron chi connectivity index (χ0n) is 27.6. The number of nitrogens with one attached hydrogen (secondary N) is 2. The Morgan fingerprint density at radius 3 is 2.38 bits per heavy atom. The van der Waals surface area contributed by atoms with Gasteiger partial charge in [0.05, 0.1) is 18.5 Å². The first-order valence-electron chi connectivity index (χ1n) is 15.8. The quantitative estimate of drug-likeness (QED) is 0.231. The lowest BCUT2D eigenvalue weighted by Gasteiger charge is -2.36. The Balaban J connectivity index is 1.40. The molecule has 13 nitrogen and oxygen atoms in total. The second kappa shape index (κ2) is 15.3. The molecule has 0 radical (unpaired) electrons. The lowest BCUT2D eigenvalue weighted by Crippen LogP contribution is -2.50. The van der Waals surface area contributed by atoms with Gasteiger partial charge >= 0.3 is 12.1 Å². The van der Waals surface area contributed by atoms with Gasteiger partial charge in [-0.1, -0.05) is 30.3 Å². The molecule has 1 aliphatic heterocycles. The topological polar surface area (TPSA) is 152 Å². The number of aromatic nitrogens is 4. The highest BCUT2D eigenvalue weighted by molar-refractivity contribution is 5.98. The van der Waals surface area contributed by atoms with Gasteiger partial charge in [-0.3, -0.25) is 9.78 Å². The number of carbonyl (C=O) groups excluding carboxylic acids is 3. The van der Waals surface area contributed by atoms with Crippen molar-refractivity contribution in [2.45, 2.75) is 45.8 Å². The Morgan fingerprint density at radius 1 is 0.917 bits per heavy atom. The number of piperazine rings is 1. The molecule has 0 bridgehead atoms. The highest BCUT2D eigenvalue weighted by atomic mass is 16.6. The second-order valence-electron chi connectivity index (χ2n) is 12.2. The fourth-order valence-corrected chi connectivity index (χ4v) is 5.09. The average molecular weight is 653 g/mol. The summed E-state index contributed by atoms with van der Waals surface area (Å²) in [7, 11) is 0. The first kappa shape index (κ1) is 33.8. The molecular weight excluding hydrogens is 612 g/mol. The second-order valence-corrected chi connectivity index (χ2v) is 12.2. The van der Waals surface area contributed by atoms with Crippen molar-refractivity contribution >= 4 is 35.4 Å². The summed E-state index contributed by atoms with van der Waals surface area (Å²) in [5, 5.41) is 5.99. The Bertz CT molecular complexity index is 1710. The fraction of sp³-hybridized carbons (Fsp3) is 0.343. The van der Waals surface area contributed by atoms with Crippen LogP contribution in [0.25, 0.3) is 11.3 Å². The van der Waals surface area contributed by atoms with E-state index in [0.717, 1.165) is 11.1 Å². The van der Waals surface area contributed by atoms with Crippen LogP contribution in [-0.4, -0.2) is 87.2 Å². The molecule has 1 saturated heterocycles. The number of hydrogen-bond donors (Lipinski definition) is 2. The van der Waals surface area contributed by atoms with E-state index in [-0.39, 0.29) is 24.7 Å². The van der Waals surface area contributed by atoms with Crippen molar-refractivity contribution in [1.29, 1.82) is 0 Å². The predicted molar refractivity (Wildman–Crippen MR) is 181 cm³/mol. The molecule has 0 spiro atoms. The van der Waals surface area contributed by atoms with Crippen LogP contribution in [0.5, 0.6) is 0 Å². The highest BCUT2D eigenvalue weighted by Crippen LogP contribution is 2.26. The van der Waals surface area contributed by atoms with Gasteiger partial charge in [-0.15, -0.1) is 0 Å². The van der Waals surface area contributed by atoms with E-state index >= 15 is 0 Å². The third kappa shape index (κ3) is 9.24. The molecule has 1 aromatic carbocycles. The van der Waals surface area contributed by atoms with Crippen LogP contribution >= 0.6 is 0 Å². The van der Waals surface area contributed by atoms with Crippen LogP contribution in [0.3, 0.4) is 0 Å².